The molecule has 2 aliphatic rings. The predicted octanol–water partition coefficient (Wildman–Crippen LogP) is 3.83. The Morgan fingerprint density at radius 2 is 2.00 bits per heavy atom. The van der Waals surface area contributed by atoms with Crippen LogP contribution in [0.3, 0.4) is 0 Å². The van der Waals surface area contributed by atoms with Gasteiger partial charge in [0, 0.05) is 41.8 Å². The minimum Gasteiger partial charge on any atom is -0.462 e. The molecule has 4 rings (SSSR count). The monoisotopic (exact) mass is 447 g/mol. The first-order chi connectivity index (χ1) is 14.5. The van der Waals surface area contributed by atoms with Crippen LogP contribution >= 0.6 is 22.9 Å². The van der Waals surface area contributed by atoms with E-state index in [0.717, 1.165) is 61.7 Å². The van der Waals surface area contributed by atoms with Crippen molar-refractivity contribution in [3.8, 4) is 0 Å². The Balaban J connectivity index is 1.35. The van der Waals surface area contributed by atoms with Crippen LogP contribution in [0.1, 0.15) is 34.1 Å². The Bertz CT molecular complexity index is 938. The molecule has 1 aromatic heterocycles. The summed E-state index contributed by atoms with van der Waals surface area (Å²) in [5, 5.41) is 4.35. The number of anilines is 2. The third-order valence-electron chi connectivity index (χ3n) is 5.57. The zero-order chi connectivity index (χ0) is 21.1. The molecule has 8 heteroatoms. The fraction of sp³-hybridized carbons (Fsp3) is 0.455. The molecule has 1 aliphatic carbocycles. The van der Waals surface area contributed by atoms with Gasteiger partial charge in [-0.15, -0.1) is 11.3 Å². The molecule has 6 nitrogen and oxygen atoms in total. The fourth-order valence-corrected chi connectivity index (χ4v) is 5.60. The second-order valence-electron chi connectivity index (χ2n) is 7.57. The van der Waals surface area contributed by atoms with E-state index >= 15 is 0 Å². The molecule has 30 heavy (non-hydrogen) atoms. The van der Waals surface area contributed by atoms with E-state index in [-0.39, 0.29) is 11.9 Å². The van der Waals surface area contributed by atoms with Gasteiger partial charge in [0.1, 0.15) is 5.00 Å². The molecule has 160 valence electrons. The maximum absolute atomic E-state index is 12.7. The van der Waals surface area contributed by atoms with Crippen molar-refractivity contribution in [2.24, 2.45) is 0 Å². The number of nitrogens with zero attached hydrogens (tertiary/aromatic N) is 2. The molecule has 0 saturated carbocycles. The van der Waals surface area contributed by atoms with Crippen LogP contribution < -0.4 is 10.2 Å². The zero-order valence-electron chi connectivity index (χ0n) is 17.1. The first-order valence-electron chi connectivity index (χ1n) is 10.4. The third-order valence-corrected chi connectivity index (χ3v) is 7.01. The van der Waals surface area contributed by atoms with E-state index in [4.69, 9.17) is 16.3 Å². The second-order valence-corrected chi connectivity index (χ2v) is 9.11. The summed E-state index contributed by atoms with van der Waals surface area (Å²) in [5.74, 6) is -0.418. The van der Waals surface area contributed by atoms with Crippen molar-refractivity contribution in [2.45, 2.75) is 26.2 Å². The molecule has 1 amide bonds. The molecule has 2 aromatic rings. The van der Waals surface area contributed by atoms with Gasteiger partial charge in [0.25, 0.3) is 0 Å². The molecule has 1 aromatic carbocycles. The molecule has 1 fully saturated rings. The number of rotatable bonds is 6. The number of halogens is 1. The van der Waals surface area contributed by atoms with E-state index in [0.29, 0.717) is 23.7 Å². The van der Waals surface area contributed by atoms with Gasteiger partial charge >= 0.3 is 5.97 Å². The molecule has 0 spiro atoms. The lowest BCUT2D eigenvalue weighted by Crippen LogP contribution is -2.48. The Hall–Kier alpha value is -2.09. The summed E-state index contributed by atoms with van der Waals surface area (Å²) in [7, 11) is 0. The van der Waals surface area contributed by atoms with Gasteiger partial charge in [-0.05, 0) is 49.9 Å². The number of aryl methyl sites for hydroxylation is 1. The zero-order valence-corrected chi connectivity index (χ0v) is 18.7. The van der Waals surface area contributed by atoms with Gasteiger partial charge in [-0.25, -0.2) is 4.79 Å². The molecular weight excluding hydrogens is 422 g/mol. The molecular formula is C22H26ClN3O3S. The molecule has 1 N–H and O–H groups in total. The van der Waals surface area contributed by atoms with E-state index in [9.17, 15) is 9.59 Å². The summed E-state index contributed by atoms with van der Waals surface area (Å²) in [6.45, 7) is 5.72. The highest BCUT2D eigenvalue weighted by Gasteiger charge is 2.29. The third kappa shape index (κ3) is 4.63. The summed E-state index contributed by atoms with van der Waals surface area (Å²) in [5.41, 5.74) is 2.73. The van der Waals surface area contributed by atoms with E-state index in [2.05, 4.69) is 21.2 Å². The van der Waals surface area contributed by atoms with E-state index < -0.39 is 0 Å². The fourth-order valence-electron chi connectivity index (χ4n) is 4.12. The number of fused-ring (bicyclic) bond motifs is 1. The highest BCUT2D eigenvalue weighted by molar-refractivity contribution is 7.17. The van der Waals surface area contributed by atoms with Gasteiger partial charge in [-0.3, -0.25) is 9.69 Å². The number of thiophene rings is 1. The number of nitrogens with one attached hydrogen (secondary N) is 1. The van der Waals surface area contributed by atoms with Crippen LogP contribution in [0.5, 0.6) is 0 Å². The van der Waals surface area contributed by atoms with Crippen molar-refractivity contribution in [1.82, 2.24) is 4.90 Å². The van der Waals surface area contributed by atoms with Gasteiger partial charge < -0.3 is 15.0 Å². The summed E-state index contributed by atoms with van der Waals surface area (Å²) in [6.07, 6.45) is 2.90. The Kier molecular flexibility index (Phi) is 6.61. The maximum Gasteiger partial charge on any atom is 0.341 e. The molecule has 0 radical (unpaired) electrons. The van der Waals surface area contributed by atoms with Crippen molar-refractivity contribution >= 4 is 45.5 Å². The van der Waals surface area contributed by atoms with Gasteiger partial charge in [-0.2, -0.15) is 0 Å². The minimum absolute atomic E-state index is 0.0864. The van der Waals surface area contributed by atoms with Crippen LogP contribution in [0.15, 0.2) is 24.3 Å². The first-order valence-corrected chi connectivity index (χ1v) is 11.6. The van der Waals surface area contributed by atoms with E-state index in [1.807, 2.05) is 18.2 Å². The highest BCUT2D eigenvalue weighted by atomic mass is 35.5. The number of hydrogen-bond acceptors (Lipinski definition) is 6. The molecule has 0 atom stereocenters. The van der Waals surface area contributed by atoms with Crippen LogP contribution in [0.4, 0.5) is 10.7 Å². The van der Waals surface area contributed by atoms with Crippen LogP contribution in [0.2, 0.25) is 5.02 Å². The largest absolute Gasteiger partial charge is 0.462 e. The number of carbonyl (C=O) groups excluding carboxylic acids is 2. The van der Waals surface area contributed by atoms with E-state index in [1.165, 1.54) is 16.2 Å². The van der Waals surface area contributed by atoms with Gasteiger partial charge in [0.15, 0.2) is 0 Å². The maximum atomic E-state index is 12.7. The summed E-state index contributed by atoms with van der Waals surface area (Å²) in [6, 6.07) is 7.85. The van der Waals surface area contributed by atoms with Gasteiger partial charge in [-0.1, -0.05) is 17.7 Å². The molecule has 1 saturated heterocycles. The molecule has 1 aliphatic heterocycles. The number of benzene rings is 1. The lowest BCUT2D eigenvalue weighted by molar-refractivity contribution is -0.117. The molecule has 0 unspecified atom stereocenters. The molecule has 2 heterocycles. The topological polar surface area (TPSA) is 61.9 Å². The standard InChI is InChI=1S/C22H26ClN3O3S/c1-2-29-22(28)20-17-7-4-8-18(17)30-21(20)24-19(27)14-25-9-11-26(12-10-25)16-6-3-5-15(23)13-16/h3,5-6,13H,2,4,7-12,14H2,1H3,(H,24,27). The van der Waals surface area contributed by atoms with Crippen LogP contribution in [-0.4, -0.2) is 56.1 Å². The summed E-state index contributed by atoms with van der Waals surface area (Å²) in [4.78, 5) is 30.8. The van der Waals surface area contributed by atoms with Crippen molar-refractivity contribution in [1.29, 1.82) is 0 Å². The van der Waals surface area contributed by atoms with E-state index in [1.54, 1.807) is 6.92 Å². The summed E-state index contributed by atoms with van der Waals surface area (Å²) >= 11 is 7.62. The number of amides is 1. The van der Waals surface area contributed by atoms with Crippen LogP contribution in [-0.2, 0) is 22.4 Å². The van der Waals surface area contributed by atoms with Gasteiger partial charge in [0.2, 0.25) is 5.91 Å². The second kappa shape index (κ2) is 9.37. The minimum atomic E-state index is -0.331. The lowest BCUT2D eigenvalue weighted by atomic mass is 10.1. The lowest BCUT2D eigenvalue weighted by Gasteiger charge is -2.35. The number of ether oxygens (including phenoxy) is 1. The Morgan fingerprint density at radius 1 is 1.20 bits per heavy atom. The normalized spacial score (nSPS) is 16.4. The van der Waals surface area contributed by atoms with Crippen LogP contribution in [0, 0.1) is 0 Å². The average Bonchev–Trinajstić information content (AvgIpc) is 3.29. The average molecular weight is 448 g/mol. The predicted molar refractivity (Wildman–Crippen MR) is 121 cm³/mol. The number of piperazine rings is 1. The smallest absolute Gasteiger partial charge is 0.341 e. The van der Waals surface area contributed by atoms with Crippen molar-refractivity contribution < 1.29 is 14.3 Å². The molecule has 0 bridgehead atoms. The van der Waals surface area contributed by atoms with Crippen molar-refractivity contribution in [3.05, 3.63) is 45.3 Å². The summed E-state index contributed by atoms with van der Waals surface area (Å²) < 4.78 is 5.24. The number of carbonyl (C=O) groups is 2. The highest BCUT2D eigenvalue weighted by Crippen LogP contribution is 2.39. The number of esters is 1. The quantitative estimate of drug-likeness (QED) is 0.682. The van der Waals surface area contributed by atoms with Crippen molar-refractivity contribution in [2.75, 3.05) is 49.5 Å². The number of hydrogen-bond donors (Lipinski definition) is 1. The van der Waals surface area contributed by atoms with Gasteiger partial charge in [0.05, 0.1) is 18.7 Å². The Labute approximate surface area is 185 Å². The Morgan fingerprint density at radius 3 is 2.73 bits per heavy atom. The van der Waals surface area contributed by atoms with Crippen LogP contribution in [0.25, 0.3) is 0 Å². The first kappa shape index (κ1) is 21.2. The SMILES string of the molecule is CCOC(=O)c1c(NC(=O)CN2CCN(c3cccc(Cl)c3)CC2)sc2c1CCC2. The van der Waals surface area contributed by atoms with Crippen molar-refractivity contribution in [3.63, 3.8) is 0 Å².